The van der Waals surface area contributed by atoms with Crippen LogP contribution >= 0.6 is 0 Å². The summed E-state index contributed by atoms with van der Waals surface area (Å²) in [6.07, 6.45) is 1.86. The van der Waals surface area contributed by atoms with Gasteiger partial charge in [-0.1, -0.05) is 0 Å². The second kappa shape index (κ2) is 5.95. The first-order valence-electron chi connectivity index (χ1n) is 4.56. The molecule has 0 aliphatic heterocycles. The predicted octanol–water partition coefficient (Wildman–Crippen LogP) is 2.05. The number of ether oxygens (including phenoxy) is 2. The molecule has 0 aliphatic carbocycles. The molecule has 1 aromatic rings. The second-order valence-corrected chi connectivity index (χ2v) is 3.04. The Bertz CT molecular complexity index is 420. The smallest absolute Gasteiger partial charge is 0.328 e. The second-order valence-electron chi connectivity index (χ2n) is 3.04. The molecule has 0 radical (unpaired) electrons. The van der Waals surface area contributed by atoms with Gasteiger partial charge in [0.05, 0.1) is 0 Å². The van der Waals surface area contributed by atoms with Crippen molar-refractivity contribution in [2.45, 2.75) is 0 Å². The Hall–Kier alpha value is -1.95. The number of carboxylic acid groups (broad SMARTS) is 1. The first-order chi connectivity index (χ1) is 8.04. The molecule has 0 heterocycles. The molecule has 1 N–H and O–H groups in total. The maximum atomic E-state index is 13.4. The van der Waals surface area contributed by atoms with Crippen molar-refractivity contribution in [2.75, 3.05) is 13.9 Å². The van der Waals surface area contributed by atoms with Crippen LogP contribution in [0.5, 0.6) is 5.75 Å². The number of rotatable bonds is 5. The first-order valence-corrected chi connectivity index (χ1v) is 4.56. The molecule has 0 fully saturated rings. The van der Waals surface area contributed by atoms with E-state index in [0.29, 0.717) is 0 Å². The van der Waals surface area contributed by atoms with Gasteiger partial charge in [-0.25, -0.2) is 13.6 Å². The third-order valence-electron chi connectivity index (χ3n) is 1.76. The van der Waals surface area contributed by atoms with Crippen molar-refractivity contribution in [1.82, 2.24) is 0 Å². The van der Waals surface area contributed by atoms with E-state index in [0.717, 1.165) is 24.3 Å². The van der Waals surface area contributed by atoms with Crippen molar-refractivity contribution >= 4 is 12.0 Å². The predicted molar refractivity (Wildman–Crippen MR) is 55.5 cm³/mol. The summed E-state index contributed by atoms with van der Waals surface area (Å²) in [5.41, 5.74) is 0.0900. The Kier molecular flexibility index (Phi) is 4.59. The first kappa shape index (κ1) is 13.1. The SMILES string of the molecule is COCOc1c(F)cc(C=CC(=O)O)cc1F. The summed E-state index contributed by atoms with van der Waals surface area (Å²) in [6.45, 7) is -0.280. The number of aliphatic carboxylic acids is 1. The minimum atomic E-state index is -1.20. The van der Waals surface area contributed by atoms with Gasteiger partial charge in [-0.05, 0) is 23.8 Å². The van der Waals surface area contributed by atoms with Gasteiger partial charge in [0.15, 0.2) is 24.2 Å². The van der Waals surface area contributed by atoms with Crippen LogP contribution in [0.2, 0.25) is 0 Å². The van der Waals surface area contributed by atoms with Gasteiger partial charge < -0.3 is 14.6 Å². The maximum Gasteiger partial charge on any atom is 0.328 e. The van der Waals surface area contributed by atoms with E-state index in [1.165, 1.54) is 7.11 Å². The summed E-state index contributed by atoms with van der Waals surface area (Å²) < 4.78 is 35.9. The molecule has 4 nitrogen and oxygen atoms in total. The van der Waals surface area contributed by atoms with Crippen molar-refractivity contribution in [3.63, 3.8) is 0 Å². The van der Waals surface area contributed by atoms with Gasteiger partial charge in [0.2, 0.25) is 0 Å². The lowest BCUT2D eigenvalue weighted by Crippen LogP contribution is -2.03. The molecule has 0 aromatic heterocycles. The highest BCUT2D eigenvalue weighted by atomic mass is 19.1. The molecule has 17 heavy (non-hydrogen) atoms. The van der Waals surface area contributed by atoms with Crippen LogP contribution in [0.4, 0.5) is 8.78 Å². The van der Waals surface area contributed by atoms with Gasteiger partial charge in [-0.3, -0.25) is 0 Å². The van der Waals surface area contributed by atoms with Gasteiger partial charge in [-0.2, -0.15) is 0 Å². The summed E-state index contributed by atoms with van der Waals surface area (Å²) in [5, 5.41) is 8.37. The highest BCUT2D eigenvalue weighted by Crippen LogP contribution is 2.23. The van der Waals surface area contributed by atoms with Crippen LogP contribution in [0, 0.1) is 11.6 Å². The number of methoxy groups -OCH3 is 1. The van der Waals surface area contributed by atoms with Crippen LogP contribution in [-0.4, -0.2) is 25.0 Å². The van der Waals surface area contributed by atoms with Crippen LogP contribution in [0.25, 0.3) is 6.08 Å². The monoisotopic (exact) mass is 244 g/mol. The summed E-state index contributed by atoms with van der Waals surface area (Å²) in [5.74, 6) is -3.61. The van der Waals surface area contributed by atoms with Crippen LogP contribution in [0.3, 0.4) is 0 Å². The molecule has 1 aromatic carbocycles. The zero-order valence-electron chi connectivity index (χ0n) is 8.94. The number of carboxylic acids is 1. The van der Waals surface area contributed by atoms with E-state index in [4.69, 9.17) is 5.11 Å². The number of carbonyl (C=O) groups is 1. The Labute approximate surface area is 96.1 Å². The third-order valence-corrected chi connectivity index (χ3v) is 1.76. The van der Waals surface area contributed by atoms with Crippen LogP contribution in [-0.2, 0) is 9.53 Å². The molecule has 0 spiro atoms. The number of hydrogen-bond donors (Lipinski definition) is 1. The number of benzene rings is 1. The highest BCUT2D eigenvalue weighted by molar-refractivity contribution is 5.85. The number of halogens is 2. The van der Waals surface area contributed by atoms with Crippen LogP contribution in [0.1, 0.15) is 5.56 Å². The molecule has 0 unspecified atom stereocenters. The van der Waals surface area contributed by atoms with E-state index in [9.17, 15) is 13.6 Å². The molecule has 0 amide bonds. The molecule has 1 rings (SSSR count). The summed E-state index contributed by atoms with van der Waals surface area (Å²) >= 11 is 0. The Morgan fingerprint density at radius 2 is 2.00 bits per heavy atom. The Balaban J connectivity index is 2.96. The molecular formula is C11H10F2O4. The van der Waals surface area contributed by atoms with Crippen LogP contribution in [0.15, 0.2) is 18.2 Å². The molecule has 0 saturated carbocycles. The van der Waals surface area contributed by atoms with E-state index < -0.39 is 23.4 Å². The topological polar surface area (TPSA) is 55.8 Å². The van der Waals surface area contributed by atoms with Crippen molar-refractivity contribution < 1.29 is 28.2 Å². The van der Waals surface area contributed by atoms with E-state index in [2.05, 4.69) is 9.47 Å². The molecule has 0 atom stereocenters. The van der Waals surface area contributed by atoms with Gasteiger partial charge in [0, 0.05) is 13.2 Å². The van der Waals surface area contributed by atoms with Crippen molar-refractivity contribution in [1.29, 1.82) is 0 Å². The molecule has 0 aliphatic rings. The zero-order chi connectivity index (χ0) is 12.8. The lowest BCUT2D eigenvalue weighted by atomic mass is 10.2. The lowest BCUT2D eigenvalue weighted by molar-refractivity contribution is -0.131. The summed E-state index contributed by atoms with van der Waals surface area (Å²) in [6, 6.07) is 1.93. The maximum absolute atomic E-state index is 13.4. The Morgan fingerprint density at radius 1 is 1.41 bits per heavy atom. The van der Waals surface area contributed by atoms with Crippen LogP contribution < -0.4 is 4.74 Å². The fourth-order valence-corrected chi connectivity index (χ4v) is 1.10. The van der Waals surface area contributed by atoms with Gasteiger partial charge >= 0.3 is 5.97 Å². The summed E-state index contributed by atoms with van der Waals surface area (Å²) in [4.78, 5) is 10.2. The average Bonchev–Trinajstić information content (AvgIpc) is 2.25. The molecule has 0 bridgehead atoms. The lowest BCUT2D eigenvalue weighted by Gasteiger charge is -2.07. The van der Waals surface area contributed by atoms with Crippen molar-refractivity contribution in [3.8, 4) is 5.75 Å². The standard InChI is InChI=1S/C11H10F2O4/c1-16-6-17-11-8(12)4-7(5-9(11)13)2-3-10(14)15/h2-5H,6H2,1H3,(H,14,15). The van der Waals surface area contributed by atoms with E-state index in [1.54, 1.807) is 0 Å². The highest BCUT2D eigenvalue weighted by Gasteiger charge is 2.11. The van der Waals surface area contributed by atoms with Crippen molar-refractivity contribution in [2.24, 2.45) is 0 Å². The molecule has 92 valence electrons. The summed E-state index contributed by atoms with van der Waals surface area (Å²) in [7, 11) is 1.32. The third kappa shape index (κ3) is 3.84. The van der Waals surface area contributed by atoms with Gasteiger partial charge in [0.1, 0.15) is 0 Å². The average molecular weight is 244 g/mol. The molecule has 0 saturated heterocycles. The molecule has 6 heteroatoms. The quantitative estimate of drug-likeness (QED) is 0.636. The minimum Gasteiger partial charge on any atom is -0.478 e. The van der Waals surface area contributed by atoms with Crippen molar-refractivity contribution in [3.05, 3.63) is 35.4 Å². The van der Waals surface area contributed by atoms with E-state index in [1.807, 2.05) is 0 Å². The zero-order valence-corrected chi connectivity index (χ0v) is 8.94. The minimum absolute atomic E-state index is 0.0900. The van der Waals surface area contributed by atoms with E-state index in [-0.39, 0.29) is 12.4 Å². The fourth-order valence-electron chi connectivity index (χ4n) is 1.10. The number of hydrogen-bond acceptors (Lipinski definition) is 3. The van der Waals surface area contributed by atoms with Gasteiger partial charge in [-0.15, -0.1) is 0 Å². The Morgan fingerprint density at radius 3 is 2.47 bits per heavy atom. The fraction of sp³-hybridized carbons (Fsp3) is 0.182. The van der Waals surface area contributed by atoms with Gasteiger partial charge in [0.25, 0.3) is 0 Å². The van der Waals surface area contributed by atoms with E-state index >= 15 is 0 Å². The molecular weight excluding hydrogens is 234 g/mol. The normalized spacial score (nSPS) is 10.8. The largest absolute Gasteiger partial charge is 0.478 e.